The third-order valence-electron chi connectivity index (χ3n) is 2.43. The van der Waals surface area contributed by atoms with E-state index in [9.17, 15) is 4.79 Å². The minimum atomic E-state index is -0.515. The van der Waals surface area contributed by atoms with Crippen LogP contribution < -0.4 is 10.1 Å². The standard InChI is InChI=1S/C13H18N2O4/c1-13(2,3)19-12(16)15-7-11-9-4-10(6-14-5-9)17-8-18-11/h4-6,11H,7-8H2,1-3H3,(H,15,16). The van der Waals surface area contributed by atoms with E-state index >= 15 is 0 Å². The summed E-state index contributed by atoms with van der Waals surface area (Å²) in [5, 5.41) is 2.68. The fourth-order valence-corrected chi connectivity index (χ4v) is 1.64. The molecule has 0 aromatic carbocycles. The number of carbonyl (C=O) groups is 1. The molecule has 1 N–H and O–H groups in total. The van der Waals surface area contributed by atoms with E-state index in [4.69, 9.17) is 14.2 Å². The van der Waals surface area contributed by atoms with Gasteiger partial charge in [0.1, 0.15) is 17.5 Å². The molecule has 6 heteroatoms. The van der Waals surface area contributed by atoms with Gasteiger partial charge in [0.25, 0.3) is 0 Å². The number of nitrogens with one attached hydrogen (secondary N) is 1. The van der Waals surface area contributed by atoms with Gasteiger partial charge in [-0.2, -0.15) is 0 Å². The Bertz CT molecular complexity index is 456. The summed E-state index contributed by atoms with van der Waals surface area (Å²) in [7, 11) is 0. The van der Waals surface area contributed by atoms with E-state index in [1.165, 1.54) is 0 Å². The maximum Gasteiger partial charge on any atom is 0.407 e. The lowest BCUT2D eigenvalue weighted by molar-refractivity contribution is -0.0320. The van der Waals surface area contributed by atoms with Crippen molar-refractivity contribution >= 4 is 6.09 Å². The van der Waals surface area contributed by atoms with Crippen LogP contribution in [0.4, 0.5) is 4.79 Å². The van der Waals surface area contributed by atoms with E-state index in [1.54, 1.807) is 12.4 Å². The maximum atomic E-state index is 11.6. The number of ether oxygens (including phenoxy) is 3. The predicted octanol–water partition coefficient (Wildman–Crippen LogP) is 2.01. The van der Waals surface area contributed by atoms with Crippen LogP contribution in [-0.2, 0) is 9.47 Å². The summed E-state index contributed by atoms with van der Waals surface area (Å²) in [6.07, 6.45) is 2.56. The Balaban J connectivity index is 1.91. The van der Waals surface area contributed by atoms with Crippen LogP contribution in [0.1, 0.15) is 32.4 Å². The number of nitrogens with zero attached hydrogens (tertiary/aromatic N) is 1. The maximum absolute atomic E-state index is 11.6. The van der Waals surface area contributed by atoms with Crippen LogP contribution in [0.3, 0.4) is 0 Å². The Morgan fingerprint density at radius 3 is 3.05 bits per heavy atom. The molecule has 2 heterocycles. The van der Waals surface area contributed by atoms with Gasteiger partial charge in [0.2, 0.25) is 0 Å². The van der Waals surface area contributed by atoms with Crippen LogP contribution in [0.25, 0.3) is 0 Å². The zero-order valence-corrected chi connectivity index (χ0v) is 11.3. The summed E-state index contributed by atoms with van der Waals surface area (Å²) in [4.78, 5) is 15.6. The summed E-state index contributed by atoms with van der Waals surface area (Å²) in [6.45, 7) is 5.89. The molecule has 104 valence electrons. The molecule has 1 aromatic rings. The van der Waals surface area contributed by atoms with Gasteiger partial charge in [0, 0.05) is 11.8 Å². The molecule has 1 aliphatic rings. The van der Waals surface area contributed by atoms with Crippen molar-refractivity contribution in [2.75, 3.05) is 13.3 Å². The summed E-state index contributed by atoms with van der Waals surface area (Å²) in [5.41, 5.74) is 0.352. The van der Waals surface area contributed by atoms with Crippen molar-refractivity contribution in [1.29, 1.82) is 0 Å². The second-order valence-electron chi connectivity index (χ2n) is 5.25. The normalized spacial score (nSPS) is 18.2. The van der Waals surface area contributed by atoms with Gasteiger partial charge in [0.05, 0.1) is 12.7 Å². The molecule has 1 unspecified atom stereocenters. The van der Waals surface area contributed by atoms with Crippen molar-refractivity contribution in [1.82, 2.24) is 10.3 Å². The van der Waals surface area contributed by atoms with E-state index < -0.39 is 11.7 Å². The molecule has 2 bridgehead atoms. The molecule has 6 nitrogen and oxygen atoms in total. The monoisotopic (exact) mass is 266 g/mol. The van der Waals surface area contributed by atoms with Gasteiger partial charge in [-0.1, -0.05) is 0 Å². The number of alkyl carbamates (subject to hydrolysis) is 1. The summed E-state index contributed by atoms with van der Waals surface area (Å²) < 4.78 is 16.0. The Morgan fingerprint density at radius 1 is 1.53 bits per heavy atom. The van der Waals surface area contributed by atoms with Crippen molar-refractivity contribution < 1.29 is 19.0 Å². The summed E-state index contributed by atoms with van der Waals surface area (Å²) in [5.74, 6) is 0.664. The lowest BCUT2D eigenvalue weighted by atomic mass is 10.1. The SMILES string of the molecule is CC(C)(C)OC(=O)NCC1OCOc2cncc1c2. The Hall–Kier alpha value is -1.82. The van der Waals surface area contributed by atoms with E-state index in [0.717, 1.165) is 5.56 Å². The third-order valence-corrected chi connectivity index (χ3v) is 2.43. The fourth-order valence-electron chi connectivity index (χ4n) is 1.64. The first-order chi connectivity index (χ1) is 8.94. The van der Waals surface area contributed by atoms with Crippen LogP contribution in [0.5, 0.6) is 5.75 Å². The topological polar surface area (TPSA) is 69.7 Å². The van der Waals surface area contributed by atoms with Gasteiger partial charge >= 0.3 is 6.09 Å². The number of rotatable bonds is 2. The fraction of sp³-hybridized carbons (Fsp3) is 0.538. The molecule has 1 amide bonds. The highest BCUT2D eigenvalue weighted by atomic mass is 16.7. The number of aromatic nitrogens is 1. The number of hydrogen-bond donors (Lipinski definition) is 1. The molecule has 0 saturated carbocycles. The van der Waals surface area contributed by atoms with E-state index in [2.05, 4.69) is 10.3 Å². The molecule has 1 atom stereocenters. The van der Waals surface area contributed by atoms with Crippen LogP contribution in [-0.4, -0.2) is 30.0 Å². The van der Waals surface area contributed by atoms with Gasteiger partial charge in [-0.25, -0.2) is 4.79 Å². The molecular weight excluding hydrogens is 248 g/mol. The minimum Gasteiger partial charge on any atom is -0.466 e. The van der Waals surface area contributed by atoms with Gasteiger partial charge in [0.15, 0.2) is 6.79 Å². The Kier molecular flexibility index (Phi) is 3.90. The van der Waals surface area contributed by atoms with Crippen LogP contribution in [0.15, 0.2) is 18.5 Å². The van der Waals surface area contributed by atoms with Gasteiger partial charge in [-0.3, -0.25) is 4.98 Å². The quantitative estimate of drug-likeness (QED) is 0.886. The first kappa shape index (κ1) is 13.6. The molecule has 2 rings (SSSR count). The molecule has 1 aromatic heterocycles. The van der Waals surface area contributed by atoms with Gasteiger partial charge in [-0.05, 0) is 26.8 Å². The van der Waals surface area contributed by atoms with Gasteiger partial charge in [-0.15, -0.1) is 0 Å². The van der Waals surface area contributed by atoms with Crippen LogP contribution in [0.2, 0.25) is 0 Å². The van der Waals surface area contributed by atoms with Crippen molar-refractivity contribution in [3.05, 3.63) is 24.0 Å². The van der Waals surface area contributed by atoms with Crippen molar-refractivity contribution in [3.63, 3.8) is 0 Å². The number of amides is 1. The van der Waals surface area contributed by atoms with Crippen molar-refractivity contribution in [2.24, 2.45) is 0 Å². The predicted molar refractivity (Wildman–Crippen MR) is 67.8 cm³/mol. The number of hydrogen-bond acceptors (Lipinski definition) is 5. The Labute approximate surface area is 112 Å². The summed E-state index contributed by atoms with van der Waals surface area (Å²) in [6, 6.07) is 1.85. The number of pyridine rings is 1. The van der Waals surface area contributed by atoms with E-state index in [0.29, 0.717) is 12.3 Å². The van der Waals surface area contributed by atoms with Gasteiger partial charge < -0.3 is 19.5 Å². The second-order valence-corrected chi connectivity index (χ2v) is 5.25. The lowest BCUT2D eigenvalue weighted by Crippen LogP contribution is -2.35. The van der Waals surface area contributed by atoms with Crippen LogP contribution >= 0.6 is 0 Å². The molecule has 0 saturated heterocycles. The third kappa shape index (κ3) is 4.10. The highest BCUT2D eigenvalue weighted by Crippen LogP contribution is 2.24. The molecule has 0 spiro atoms. The summed E-state index contributed by atoms with van der Waals surface area (Å²) >= 11 is 0. The largest absolute Gasteiger partial charge is 0.466 e. The molecule has 0 aliphatic carbocycles. The minimum absolute atomic E-state index is 0.135. The molecule has 19 heavy (non-hydrogen) atoms. The highest BCUT2D eigenvalue weighted by molar-refractivity contribution is 5.67. The van der Waals surface area contributed by atoms with Crippen LogP contribution in [0, 0.1) is 0 Å². The zero-order valence-electron chi connectivity index (χ0n) is 11.3. The smallest absolute Gasteiger partial charge is 0.407 e. The van der Waals surface area contributed by atoms with Crippen molar-refractivity contribution in [3.8, 4) is 5.75 Å². The molecule has 1 aliphatic heterocycles. The Morgan fingerprint density at radius 2 is 2.32 bits per heavy atom. The second kappa shape index (κ2) is 5.44. The molecule has 0 fully saturated rings. The number of carbonyl (C=O) groups excluding carboxylic acids is 1. The average Bonchev–Trinajstić information content (AvgIpc) is 2.44. The molecular formula is C13H18N2O4. The zero-order chi connectivity index (χ0) is 13.9. The van der Waals surface area contributed by atoms with E-state index in [-0.39, 0.29) is 12.9 Å². The highest BCUT2D eigenvalue weighted by Gasteiger charge is 2.20. The lowest BCUT2D eigenvalue weighted by Gasteiger charge is -2.21. The molecule has 0 radical (unpaired) electrons. The number of fused-ring (bicyclic) bond motifs is 2. The van der Waals surface area contributed by atoms with E-state index in [1.807, 2.05) is 26.8 Å². The first-order valence-electron chi connectivity index (χ1n) is 6.10. The average molecular weight is 266 g/mol. The first-order valence-corrected chi connectivity index (χ1v) is 6.10. The van der Waals surface area contributed by atoms with Crippen molar-refractivity contribution in [2.45, 2.75) is 32.5 Å².